The van der Waals surface area contributed by atoms with Crippen molar-refractivity contribution in [3.05, 3.63) is 35.4 Å². The fraction of sp³-hybridized carbons (Fsp3) is 0.684. The zero-order chi connectivity index (χ0) is 15.1. The van der Waals surface area contributed by atoms with E-state index in [0.29, 0.717) is 12.0 Å². The van der Waals surface area contributed by atoms with Crippen LogP contribution in [0.4, 0.5) is 0 Å². The van der Waals surface area contributed by atoms with Gasteiger partial charge in [-0.15, -0.1) is 0 Å². The summed E-state index contributed by atoms with van der Waals surface area (Å²) in [6.45, 7) is 9.59. The third-order valence-corrected chi connectivity index (χ3v) is 4.40. The Labute approximate surface area is 130 Å². The summed E-state index contributed by atoms with van der Waals surface area (Å²) in [5, 5.41) is 3.48. The highest BCUT2D eigenvalue weighted by molar-refractivity contribution is 5.21. The van der Waals surface area contributed by atoms with E-state index in [0.717, 1.165) is 25.6 Å². The quantitative estimate of drug-likeness (QED) is 0.796. The van der Waals surface area contributed by atoms with Crippen molar-refractivity contribution in [3.8, 4) is 0 Å². The molecule has 1 aromatic carbocycles. The van der Waals surface area contributed by atoms with E-state index in [4.69, 9.17) is 4.74 Å². The second-order valence-electron chi connectivity index (χ2n) is 6.95. The molecule has 1 saturated carbocycles. The standard InChI is InChI=1S/C19H31NO/c1-15(2)12-20-13-17-8-10-18(11-9-17)14-21-19-7-5-4-6-16(19)3/h8-11,15-16,19-20H,4-7,12-14H2,1-3H3. The second kappa shape index (κ2) is 8.55. The fourth-order valence-electron chi connectivity index (χ4n) is 2.99. The van der Waals surface area contributed by atoms with E-state index in [-0.39, 0.29) is 0 Å². The van der Waals surface area contributed by atoms with Gasteiger partial charge >= 0.3 is 0 Å². The average molecular weight is 289 g/mol. The van der Waals surface area contributed by atoms with E-state index >= 15 is 0 Å². The van der Waals surface area contributed by atoms with E-state index in [2.05, 4.69) is 50.4 Å². The molecule has 1 aliphatic carbocycles. The fourth-order valence-corrected chi connectivity index (χ4v) is 2.99. The molecule has 2 unspecified atom stereocenters. The lowest BCUT2D eigenvalue weighted by atomic mass is 9.88. The van der Waals surface area contributed by atoms with Gasteiger partial charge in [-0.05, 0) is 42.3 Å². The summed E-state index contributed by atoms with van der Waals surface area (Å²) in [6, 6.07) is 8.85. The molecule has 0 heterocycles. The number of rotatable bonds is 7. The monoisotopic (exact) mass is 289 g/mol. The summed E-state index contributed by atoms with van der Waals surface area (Å²) in [7, 11) is 0. The molecule has 0 amide bonds. The summed E-state index contributed by atoms with van der Waals surface area (Å²) in [5.74, 6) is 1.42. The van der Waals surface area contributed by atoms with Gasteiger partial charge in [0, 0.05) is 6.54 Å². The first-order chi connectivity index (χ1) is 10.1. The molecule has 1 aliphatic rings. The Morgan fingerprint density at radius 2 is 1.76 bits per heavy atom. The van der Waals surface area contributed by atoms with Gasteiger partial charge in [0.15, 0.2) is 0 Å². The molecular formula is C19H31NO. The molecule has 1 aromatic rings. The maximum atomic E-state index is 6.12. The van der Waals surface area contributed by atoms with Crippen LogP contribution in [-0.4, -0.2) is 12.6 Å². The van der Waals surface area contributed by atoms with Crippen LogP contribution in [0.25, 0.3) is 0 Å². The number of ether oxygens (including phenoxy) is 1. The zero-order valence-electron chi connectivity index (χ0n) is 13.9. The van der Waals surface area contributed by atoms with Crippen molar-refractivity contribution in [1.29, 1.82) is 0 Å². The van der Waals surface area contributed by atoms with Gasteiger partial charge in [-0.1, -0.05) is 57.9 Å². The molecule has 1 fully saturated rings. The molecule has 2 heteroatoms. The van der Waals surface area contributed by atoms with Crippen LogP contribution in [0, 0.1) is 11.8 Å². The molecular weight excluding hydrogens is 258 g/mol. The first-order valence-corrected chi connectivity index (χ1v) is 8.55. The smallest absolute Gasteiger partial charge is 0.0720 e. The third kappa shape index (κ3) is 5.80. The number of hydrogen-bond acceptors (Lipinski definition) is 2. The molecule has 0 saturated heterocycles. The first kappa shape index (κ1) is 16.5. The van der Waals surface area contributed by atoms with Gasteiger partial charge in [0.25, 0.3) is 0 Å². The van der Waals surface area contributed by atoms with E-state index in [9.17, 15) is 0 Å². The van der Waals surface area contributed by atoms with Gasteiger partial charge in [-0.25, -0.2) is 0 Å². The van der Waals surface area contributed by atoms with Gasteiger partial charge in [0.2, 0.25) is 0 Å². The van der Waals surface area contributed by atoms with Crippen molar-refractivity contribution in [2.45, 2.75) is 65.7 Å². The van der Waals surface area contributed by atoms with Crippen molar-refractivity contribution >= 4 is 0 Å². The largest absolute Gasteiger partial charge is 0.373 e. The highest BCUT2D eigenvalue weighted by atomic mass is 16.5. The van der Waals surface area contributed by atoms with E-state index < -0.39 is 0 Å². The van der Waals surface area contributed by atoms with Crippen molar-refractivity contribution in [2.75, 3.05) is 6.54 Å². The molecule has 1 N–H and O–H groups in total. The molecule has 0 spiro atoms. The first-order valence-electron chi connectivity index (χ1n) is 8.55. The van der Waals surface area contributed by atoms with Gasteiger partial charge in [0.1, 0.15) is 0 Å². The average Bonchev–Trinajstić information content (AvgIpc) is 2.47. The summed E-state index contributed by atoms with van der Waals surface area (Å²) < 4.78 is 6.12. The van der Waals surface area contributed by atoms with Crippen LogP contribution in [0.1, 0.15) is 57.6 Å². The Morgan fingerprint density at radius 1 is 1.10 bits per heavy atom. The SMILES string of the molecule is CC(C)CNCc1ccc(COC2CCCCC2C)cc1. The van der Waals surface area contributed by atoms with Crippen molar-refractivity contribution < 1.29 is 4.74 Å². The van der Waals surface area contributed by atoms with E-state index in [1.54, 1.807) is 0 Å². The molecule has 0 aromatic heterocycles. The Balaban J connectivity index is 1.74. The van der Waals surface area contributed by atoms with Gasteiger partial charge < -0.3 is 10.1 Å². The minimum atomic E-state index is 0.464. The maximum Gasteiger partial charge on any atom is 0.0720 e. The lowest BCUT2D eigenvalue weighted by Gasteiger charge is -2.28. The predicted octanol–water partition coefficient (Wildman–Crippen LogP) is 4.53. The Bertz CT molecular complexity index is 399. The van der Waals surface area contributed by atoms with Crippen LogP contribution in [0.3, 0.4) is 0 Å². The van der Waals surface area contributed by atoms with Crippen LogP contribution >= 0.6 is 0 Å². The molecule has 21 heavy (non-hydrogen) atoms. The topological polar surface area (TPSA) is 21.3 Å². The minimum Gasteiger partial charge on any atom is -0.373 e. The maximum absolute atomic E-state index is 6.12. The van der Waals surface area contributed by atoms with Crippen LogP contribution in [0.2, 0.25) is 0 Å². The summed E-state index contributed by atoms with van der Waals surface area (Å²) in [6.07, 6.45) is 5.73. The normalized spacial score (nSPS) is 22.7. The van der Waals surface area contributed by atoms with E-state index in [1.807, 2.05) is 0 Å². The third-order valence-electron chi connectivity index (χ3n) is 4.40. The number of hydrogen-bond donors (Lipinski definition) is 1. The van der Waals surface area contributed by atoms with Crippen molar-refractivity contribution in [3.63, 3.8) is 0 Å². The van der Waals surface area contributed by atoms with Gasteiger partial charge in [-0.2, -0.15) is 0 Å². The second-order valence-corrected chi connectivity index (χ2v) is 6.95. The summed E-state index contributed by atoms with van der Waals surface area (Å²) >= 11 is 0. The highest BCUT2D eigenvalue weighted by Gasteiger charge is 2.21. The Hall–Kier alpha value is -0.860. The van der Waals surface area contributed by atoms with Crippen LogP contribution in [0.15, 0.2) is 24.3 Å². The molecule has 2 rings (SSSR count). The van der Waals surface area contributed by atoms with Crippen LogP contribution in [-0.2, 0) is 17.9 Å². The lowest BCUT2D eigenvalue weighted by Crippen LogP contribution is -2.25. The molecule has 0 bridgehead atoms. The molecule has 2 atom stereocenters. The van der Waals surface area contributed by atoms with Crippen LogP contribution in [0.5, 0.6) is 0 Å². The van der Waals surface area contributed by atoms with Crippen molar-refractivity contribution in [1.82, 2.24) is 5.32 Å². The molecule has 0 radical (unpaired) electrons. The van der Waals surface area contributed by atoms with Crippen LogP contribution < -0.4 is 5.32 Å². The minimum absolute atomic E-state index is 0.464. The van der Waals surface area contributed by atoms with Gasteiger partial charge in [0.05, 0.1) is 12.7 Å². The number of benzene rings is 1. The predicted molar refractivity (Wildman–Crippen MR) is 89.2 cm³/mol. The highest BCUT2D eigenvalue weighted by Crippen LogP contribution is 2.27. The van der Waals surface area contributed by atoms with Crippen molar-refractivity contribution in [2.24, 2.45) is 11.8 Å². The number of nitrogens with one attached hydrogen (secondary N) is 1. The summed E-state index contributed by atoms with van der Waals surface area (Å²) in [5.41, 5.74) is 2.64. The van der Waals surface area contributed by atoms with E-state index in [1.165, 1.54) is 36.8 Å². The Morgan fingerprint density at radius 3 is 2.43 bits per heavy atom. The lowest BCUT2D eigenvalue weighted by molar-refractivity contribution is -0.0154. The zero-order valence-corrected chi connectivity index (χ0v) is 13.9. The Kier molecular flexibility index (Phi) is 6.72. The molecule has 118 valence electrons. The van der Waals surface area contributed by atoms with Gasteiger partial charge in [-0.3, -0.25) is 0 Å². The molecule has 2 nitrogen and oxygen atoms in total. The molecule has 0 aliphatic heterocycles. The summed E-state index contributed by atoms with van der Waals surface area (Å²) in [4.78, 5) is 0.